The molecule has 0 radical (unpaired) electrons. The number of carbonyl (C=O) groups is 1. The van der Waals surface area contributed by atoms with E-state index in [0.29, 0.717) is 17.3 Å². The van der Waals surface area contributed by atoms with Gasteiger partial charge in [-0.25, -0.2) is 0 Å². The molecular weight excluding hydrogens is 256 g/mol. The second kappa shape index (κ2) is 4.88. The van der Waals surface area contributed by atoms with Crippen molar-refractivity contribution in [2.45, 2.75) is 18.8 Å². The summed E-state index contributed by atoms with van der Waals surface area (Å²) in [4.78, 5) is 12.1. The molecule has 1 aromatic carbocycles. The Morgan fingerprint density at radius 1 is 1.40 bits per heavy atom. The number of nitrogens with one attached hydrogen (secondary N) is 2. The second-order valence-electron chi connectivity index (χ2n) is 4.86. The SMILES string of the molecule is COc1ccc(NC(=O)c2n[nH]c(C3CC3)c2N)cc1. The van der Waals surface area contributed by atoms with Gasteiger partial charge >= 0.3 is 0 Å². The van der Waals surface area contributed by atoms with E-state index in [-0.39, 0.29) is 11.6 Å². The number of aromatic nitrogens is 2. The summed E-state index contributed by atoms with van der Waals surface area (Å²) in [5.74, 6) is 0.860. The maximum absolute atomic E-state index is 12.1. The van der Waals surface area contributed by atoms with Crippen molar-refractivity contribution < 1.29 is 9.53 Å². The zero-order valence-corrected chi connectivity index (χ0v) is 11.1. The monoisotopic (exact) mass is 272 g/mol. The van der Waals surface area contributed by atoms with Gasteiger partial charge in [0.05, 0.1) is 18.5 Å². The highest BCUT2D eigenvalue weighted by Crippen LogP contribution is 2.42. The fraction of sp³-hybridized carbons (Fsp3) is 0.286. The number of methoxy groups -OCH3 is 1. The fourth-order valence-corrected chi connectivity index (χ4v) is 2.09. The summed E-state index contributed by atoms with van der Waals surface area (Å²) in [7, 11) is 1.59. The van der Waals surface area contributed by atoms with Crippen molar-refractivity contribution in [3.63, 3.8) is 0 Å². The first kappa shape index (κ1) is 12.5. The van der Waals surface area contributed by atoms with Crippen LogP contribution in [0.4, 0.5) is 11.4 Å². The van der Waals surface area contributed by atoms with E-state index in [1.54, 1.807) is 31.4 Å². The number of H-pyrrole nitrogens is 1. The summed E-state index contributed by atoms with van der Waals surface area (Å²) < 4.78 is 5.06. The minimum Gasteiger partial charge on any atom is -0.497 e. The van der Waals surface area contributed by atoms with Gasteiger partial charge in [-0.05, 0) is 37.1 Å². The molecule has 1 aromatic heterocycles. The third-order valence-corrected chi connectivity index (χ3v) is 3.38. The smallest absolute Gasteiger partial charge is 0.278 e. The first-order chi connectivity index (χ1) is 9.69. The molecule has 0 spiro atoms. The lowest BCUT2D eigenvalue weighted by atomic mass is 10.2. The number of nitrogen functional groups attached to an aromatic ring is 1. The average molecular weight is 272 g/mol. The molecule has 1 aliphatic rings. The molecule has 0 bridgehead atoms. The van der Waals surface area contributed by atoms with Crippen molar-refractivity contribution in [3.05, 3.63) is 35.7 Å². The Morgan fingerprint density at radius 3 is 2.70 bits per heavy atom. The number of anilines is 2. The van der Waals surface area contributed by atoms with Gasteiger partial charge in [-0.1, -0.05) is 0 Å². The van der Waals surface area contributed by atoms with Crippen molar-refractivity contribution in [3.8, 4) is 5.75 Å². The molecule has 1 saturated carbocycles. The second-order valence-corrected chi connectivity index (χ2v) is 4.86. The maximum Gasteiger partial charge on any atom is 0.278 e. The van der Waals surface area contributed by atoms with Gasteiger partial charge < -0.3 is 15.8 Å². The van der Waals surface area contributed by atoms with Crippen molar-refractivity contribution >= 4 is 17.3 Å². The Hall–Kier alpha value is -2.50. The van der Waals surface area contributed by atoms with Crippen LogP contribution >= 0.6 is 0 Å². The molecule has 20 heavy (non-hydrogen) atoms. The highest BCUT2D eigenvalue weighted by atomic mass is 16.5. The molecule has 0 aliphatic heterocycles. The van der Waals surface area contributed by atoms with Crippen LogP contribution in [0.15, 0.2) is 24.3 Å². The van der Waals surface area contributed by atoms with E-state index in [0.717, 1.165) is 24.3 Å². The molecule has 0 saturated heterocycles. The molecule has 1 amide bonds. The number of carbonyl (C=O) groups excluding carboxylic acids is 1. The van der Waals surface area contributed by atoms with Crippen LogP contribution in [0.25, 0.3) is 0 Å². The van der Waals surface area contributed by atoms with Crippen molar-refractivity contribution in [1.82, 2.24) is 10.2 Å². The van der Waals surface area contributed by atoms with E-state index in [1.807, 2.05) is 0 Å². The lowest BCUT2D eigenvalue weighted by Gasteiger charge is -2.05. The van der Waals surface area contributed by atoms with Gasteiger partial charge in [-0.15, -0.1) is 0 Å². The number of hydrogen-bond donors (Lipinski definition) is 3. The lowest BCUT2D eigenvalue weighted by Crippen LogP contribution is -2.14. The van der Waals surface area contributed by atoms with Crippen molar-refractivity contribution in [2.75, 3.05) is 18.2 Å². The van der Waals surface area contributed by atoms with E-state index >= 15 is 0 Å². The van der Waals surface area contributed by atoms with Crippen LogP contribution in [0.5, 0.6) is 5.75 Å². The van der Waals surface area contributed by atoms with E-state index in [4.69, 9.17) is 10.5 Å². The summed E-state index contributed by atoms with van der Waals surface area (Å²) in [5, 5.41) is 9.65. The molecule has 2 aromatic rings. The standard InChI is InChI=1S/C14H16N4O2/c1-20-10-6-4-9(5-7-10)16-14(19)13-11(15)12(17-18-13)8-2-3-8/h4-8H,2-3,15H2,1H3,(H,16,19)(H,17,18). The van der Waals surface area contributed by atoms with Gasteiger partial charge in [0, 0.05) is 11.6 Å². The Labute approximate surface area is 116 Å². The van der Waals surface area contributed by atoms with E-state index < -0.39 is 0 Å². The van der Waals surface area contributed by atoms with Crippen LogP contribution in [0.3, 0.4) is 0 Å². The van der Waals surface area contributed by atoms with Crippen LogP contribution in [0.1, 0.15) is 34.9 Å². The van der Waals surface area contributed by atoms with Gasteiger partial charge in [-0.2, -0.15) is 5.10 Å². The number of nitrogens with two attached hydrogens (primary N) is 1. The molecule has 3 rings (SSSR count). The quantitative estimate of drug-likeness (QED) is 0.794. The number of benzene rings is 1. The Kier molecular flexibility index (Phi) is 3.06. The highest BCUT2D eigenvalue weighted by molar-refractivity contribution is 6.06. The van der Waals surface area contributed by atoms with Crippen LogP contribution in [-0.4, -0.2) is 23.2 Å². The lowest BCUT2D eigenvalue weighted by molar-refractivity contribution is 0.102. The van der Waals surface area contributed by atoms with Crippen molar-refractivity contribution in [1.29, 1.82) is 0 Å². The molecule has 6 nitrogen and oxygen atoms in total. The number of hydrogen-bond acceptors (Lipinski definition) is 4. The molecule has 0 unspecified atom stereocenters. The molecule has 1 heterocycles. The van der Waals surface area contributed by atoms with Crippen LogP contribution < -0.4 is 15.8 Å². The molecular formula is C14H16N4O2. The molecule has 1 fully saturated rings. The Bertz CT molecular complexity index is 629. The number of rotatable bonds is 4. The topological polar surface area (TPSA) is 93.0 Å². The van der Waals surface area contributed by atoms with Crippen molar-refractivity contribution in [2.24, 2.45) is 0 Å². The number of aromatic amines is 1. The molecule has 1 aliphatic carbocycles. The normalized spacial score (nSPS) is 14.1. The van der Waals surface area contributed by atoms with Crippen LogP contribution in [-0.2, 0) is 0 Å². The number of nitrogens with zero attached hydrogens (tertiary/aromatic N) is 1. The first-order valence-corrected chi connectivity index (χ1v) is 6.48. The van der Waals surface area contributed by atoms with Gasteiger partial charge in [0.15, 0.2) is 5.69 Å². The summed E-state index contributed by atoms with van der Waals surface area (Å²) >= 11 is 0. The van der Waals surface area contributed by atoms with Gasteiger partial charge in [0.1, 0.15) is 5.75 Å². The predicted octanol–water partition coefficient (Wildman–Crippen LogP) is 2.13. The largest absolute Gasteiger partial charge is 0.497 e. The summed E-state index contributed by atoms with van der Waals surface area (Å²) in [6, 6.07) is 7.08. The minimum atomic E-state index is -0.309. The summed E-state index contributed by atoms with van der Waals surface area (Å²) in [6.45, 7) is 0. The first-order valence-electron chi connectivity index (χ1n) is 6.48. The van der Waals surface area contributed by atoms with Crippen LogP contribution in [0.2, 0.25) is 0 Å². The van der Waals surface area contributed by atoms with Gasteiger partial charge in [-0.3, -0.25) is 9.89 Å². The van der Waals surface area contributed by atoms with Gasteiger partial charge in [0.25, 0.3) is 5.91 Å². The Balaban J connectivity index is 1.75. The maximum atomic E-state index is 12.1. The van der Waals surface area contributed by atoms with Gasteiger partial charge in [0.2, 0.25) is 0 Å². The van der Waals surface area contributed by atoms with E-state index in [9.17, 15) is 4.79 Å². The number of amides is 1. The van der Waals surface area contributed by atoms with Crippen LogP contribution in [0, 0.1) is 0 Å². The summed E-state index contributed by atoms with van der Waals surface area (Å²) in [6.07, 6.45) is 2.21. The highest BCUT2D eigenvalue weighted by Gasteiger charge is 2.30. The Morgan fingerprint density at radius 2 is 2.10 bits per heavy atom. The molecule has 6 heteroatoms. The predicted molar refractivity (Wildman–Crippen MR) is 75.9 cm³/mol. The molecule has 104 valence electrons. The van der Waals surface area contributed by atoms with E-state index in [1.165, 1.54) is 0 Å². The van der Waals surface area contributed by atoms with E-state index in [2.05, 4.69) is 15.5 Å². The molecule has 0 atom stereocenters. The fourth-order valence-electron chi connectivity index (χ4n) is 2.09. The minimum absolute atomic E-state index is 0.253. The third kappa shape index (κ3) is 2.32. The third-order valence-electron chi connectivity index (χ3n) is 3.38. The summed E-state index contributed by atoms with van der Waals surface area (Å²) in [5.41, 5.74) is 8.23. The number of ether oxygens (including phenoxy) is 1. The average Bonchev–Trinajstić information content (AvgIpc) is 3.22. The zero-order valence-electron chi connectivity index (χ0n) is 11.1. The molecule has 4 N–H and O–H groups in total. The zero-order chi connectivity index (χ0) is 14.1.